The molecule has 0 spiro atoms. The molecule has 0 bridgehead atoms. The minimum Gasteiger partial charge on any atom is -0.493 e. The molecule has 0 saturated carbocycles. The molecule has 0 fully saturated rings. The predicted molar refractivity (Wildman–Crippen MR) is 143 cm³/mol. The van der Waals surface area contributed by atoms with Crippen LogP contribution in [0.3, 0.4) is 0 Å². The molecule has 0 unspecified atom stereocenters. The number of amides is 1. The van der Waals surface area contributed by atoms with Gasteiger partial charge in [0.05, 0.1) is 22.3 Å². The topological polar surface area (TPSA) is 73.1 Å². The van der Waals surface area contributed by atoms with Gasteiger partial charge in [-0.1, -0.05) is 45.8 Å². The quantitative estimate of drug-likeness (QED) is 0.167. The Morgan fingerprint density at radius 3 is 2.68 bits per heavy atom. The number of methoxy groups -OCH3 is 1. The van der Waals surface area contributed by atoms with Gasteiger partial charge in [0, 0.05) is 9.86 Å². The van der Waals surface area contributed by atoms with Crippen molar-refractivity contribution in [2.24, 2.45) is 5.10 Å². The van der Waals surface area contributed by atoms with Crippen LogP contribution >= 0.6 is 47.8 Å². The summed E-state index contributed by atoms with van der Waals surface area (Å²) in [4.78, 5) is 12.5. The number of carbonyl (C=O) groups excluding carboxylic acids is 1. The first-order valence-corrected chi connectivity index (χ1v) is 12.5. The zero-order valence-electron chi connectivity index (χ0n) is 18.2. The Balaban J connectivity index is 1.46. The van der Waals surface area contributed by atoms with Gasteiger partial charge in [0.1, 0.15) is 12.2 Å². The zero-order valence-corrected chi connectivity index (χ0v) is 23.0. The number of fused-ring (bicyclic) bond motifs is 1. The van der Waals surface area contributed by atoms with Gasteiger partial charge in [-0.15, -0.1) is 0 Å². The SMILES string of the molecule is COc1cc(/C=N\NC(=O)c2cc3cc(Br)cc(Br)c3o2)cc(Br)c1OCc1cccc(C)c1. The van der Waals surface area contributed by atoms with E-state index in [1.54, 1.807) is 19.2 Å². The average molecular weight is 651 g/mol. The molecular formula is C25H19Br3N2O4. The Bertz CT molecular complexity index is 1400. The van der Waals surface area contributed by atoms with Crippen LogP contribution in [0, 0.1) is 6.92 Å². The highest BCUT2D eigenvalue weighted by Crippen LogP contribution is 2.37. The molecule has 0 aliphatic carbocycles. The number of hydrogen-bond donors (Lipinski definition) is 1. The number of hydrogen-bond acceptors (Lipinski definition) is 5. The van der Waals surface area contributed by atoms with Crippen LogP contribution in [-0.4, -0.2) is 19.2 Å². The zero-order chi connectivity index (χ0) is 24.2. The Kier molecular flexibility index (Phi) is 7.75. The van der Waals surface area contributed by atoms with Crippen LogP contribution in [0.15, 0.2) is 77.5 Å². The molecule has 0 saturated heterocycles. The minimum absolute atomic E-state index is 0.157. The van der Waals surface area contributed by atoms with Crippen molar-refractivity contribution < 1.29 is 18.7 Å². The monoisotopic (exact) mass is 648 g/mol. The van der Waals surface area contributed by atoms with Gasteiger partial charge in [0.2, 0.25) is 0 Å². The van der Waals surface area contributed by atoms with Gasteiger partial charge in [0.25, 0.3) is 0 Å². The van der Waals surface area contributed by atoms with Crippen LogP contribution < -0.4 is 14.9 Å². The fourth-order valence-electron chi connectivity index (χ4n) is 3.32. The van der Waals surface area contributed by atoms with E-state index >= 15 is 0 Å². The summed E-state index contributed by atoms with van der Waals surface area (Å²) in [5.41, 5.74) is 6.02. The molecule has 1 aromatic heterocycles. The second-order valence-electron chi connectivity index (χ2n) is 7.43. The smallest absolute Gasteiger partial charge is 0.307 e. The van der Waals surface area contributed by atoms with Crippen LogP contribution in [-0.2, 0) is 6.61 Å². The summed E-state index contributed by atoms with van der Waals surface area (Å²) in [5.74, 6) is 0.830. The van der Waals surface area contributed by atoms with Crippen LogP contribution in [0.25, 0.3) is 11.0 Å². The fraction of sp³-hybridized carbons (Fsp3) is 0.120. The number of nitrogens with zero attached hydrogens (tertiary/aromatic N) is 1. The second kappa shape index (κ2) is 10.8. The van der Waals surface area contributed by atoms with Gasteiger partial charge in [0.15, 0.2) is 17.3 Å². The molecule has 6 nitrogen and oxygen atoms in total. The number of rotatable bonds is 7. The molecule has 3 aromatic carbocycles. The number of carbonyl (C=O) groups is 1. The van der Waals surface area contributed by atoms with Crippen LogP contribution in [0.2, 0.25) is 0 Å². The Morgan fingerprint density at radius 1 is 1.09 bits per heavy atom. The maximum absolute atomic E-state index is 12.5. The van der Waals surface area contributed by atoms with E-state index in [2.05, 4.69) is 64.4 Å². The van der Waals surface area contributed by atoms with E-state index in [9.17, 15) is 4.79 Å². The Morgan fingerprint density at radius 2 is 1.91 bits per heavy atom. The average Bonchev–Trinajstić information content (AvgIpc) is 3.22. The minimum atomic E-state index is -0.459. The fourth-order valence-corrected chi connectivity index (χ4v) is 5.23. The summed E-state index contributed by atoms with van der Waals surface area (Å²) in [7, 11) is 1.57. The summed E-state index contributed by atoms with van der Waals surface area (Å²) in [6.45, 7) is 2.45. The molecule has 9 heteroatoms. The van der Waals surface area contributed by atoms with E-state index in [0.717, 1.165) is 19.9 Å². The normalized spacial score (nSPS) is 11.2. The standard InChI is InChI=1S/C25H19Br3N2O4/c1-14-4-3-5-15(6-14)13-33-24-19(27)7-16(8-21(24)32-2)12-29-30-25(31)22-10-17-9-18(26)11-20(28)23(17)34-22/h3-12H,13H2,1-2H3,(H,30,31)/b29-12-. The number of ether oxygens (including phenoxy) is 2. The predicted octanol–water partition coefficient (Wildman–Crippen LogP) is 7.38. The first-order chi connectivity index (χ1) is 16.3. The molecule has 174 valence electrons. The van der Waals surface area contributed by atoms with E-state index in [0.29, 0.717) is 33.7 Å². The van der Waals surface area contributed by atoms with Gasteiger partial charge < -0.3 is 13.9 Å². The van der Waals surface area contributed by atoms with Crippen LogP contribution in [0.5, 0.6) is 11.5 Å². The summed E-state index contributed by atoms with van der Waals surface area (Å²) in [6, 6.07) is 17.1. The Labute approximate surface area is 221 Å². The van der Waals surface area contributed by atoms with E-state index in [-0.39, 0.29) is 5.76 Å². The molecule has 0 aliphatic rings. The maximum Gasteiger partial charge on any atom is 0.307 e. The number of aryl methyl sites for hydroxylation is 1. The molecule has 0 atom stereocenters. The van der Waals surface area contributed by atoms with Gasteiger partial charge in [-0.25, -0.2) is 5.43 Å². The molecule has 1 N–H and O–H groups in total. The van der Waals surface area contributed by atoms with E-state index in [4.69, 9.17) is 13.9 Å². The highest BCUT2D eigenvalue weighted by Gasteiger charge is 2.15. The van der Waals surface area contributed by atoms with Crippen molar-refractivity contribution in [2.75, 3.05) is 7.11 Å². The van der Waals surface area contributed by atoms with Crippen molar-refractivity contribution in [3.8, 4) is 11.5 Å². The lowest BCUT2D eigenvalue weighted by atomic mass is 10.1. The van der Waals surface area contributed by atoms with Crippen LogP contribution in [0.1, 0.15) is 27.2 Å². The van der Waals surface area contributed by atoms with Crippen molar-refractivity contribution in [3.63, 3.8) is 0 Å². The lowest BCUT2D eigenvalue weighted by molar-refractivity contribution is 0.0929. The van der Waals surface area contributed by atoms with E-state index in [1.807, 2.05) is 43.3 Å². The van der Waals surface area contributed by atoms with Crippen molar-refractivity contribution in [1.82, 2.24) is 5.43 Å². The van der Waals surface area contributed by atoms with Crippen LogP contribution in [0.4, 0.5) is 0 Å². The van der Waals surface area contributed by atoms with Gasteiger partial charge in [-0.2, -0.15) is 5.10 Å². The highest BCUT2D eigenvalue weighted by molar-refractivity contribution is 9.11. The van der Waals surface area contributed by atoms with Gasteiger partial charge in [-0.05, 0) is 80.2 Å². The lowest BCUT2D eigenvalue weighted by Gasteiger charge is -2.13. The molecule has 4 rings (SSSR count). The molecule has 1 heterocycles. The van der Waals surface area contributed by atoms with Crippen molar-refractivity contribution in [3.05, 3.63) is 90.5 Å². The first kappa shape index (κ1) is 24.5. The van der Waals surface area contributed by atoms with E-state index < -0.39 is 5.91 Å². The van der Waals surface area contributed by atoms with Gasteiger partial charge >= 0.3 is 5.91 Å². The third-order valence-electron chi connectivity index (χ3n) is 4.86. The second-order valence-corrected chi connectivity index (χ2v) is 10.1. The molecule has 0 aliphatic heterocycles. The van der Waals surface area contributed by atoms with Gasteiger partial charge in [-0.3, -0.25) is 4.79 Å². The van der Waals surface area contributed by atoms with E-state index in [1.165, 1.54) is 11.8 Å². The molecule has 0 radical (unpaired) electrons. The third kappa shape index (κ3) is 5.71. The maximum atomic E-state index is 12.5. The van der Waals surface area contributed by atoms with Crippen molar-refractivity contribution >= 4 is 70.9 Å². The third-order valence-corrected chi connectivity index (χ3v) is 6.49. The number of hydrazone groups is 1. The largest absolute Gasteiger partial charge is 0.493 e. The number of benzene rings is 3. The summed E-state index contributed by atoms with van der Waals surface area (Å²) < 4.78 is 19.5. The summed E-state index contributed by atoms with van der Waals surface area (Å²) >= 11 is 10.4. The summed E-state index contributed by atoms with van der Waals surface area (Å²) in [6.07, 6.45) is 1.52. The number of nitrogens with one attached hydrogen (secondary N) is 1. The molecule has 4 aromatic rings. The molecule has 1 amide bonds. The lowest BCUT2D eigenvalue weighted by Crippen LogP contribution is -2.16. The molecular weight excluding hydrogens is 632 g/mol. The van der Waals surface area contributed by atoms with Crippen molar-refractivity contribution in [2.45, 2.75) is 13.5 Å². The summed E-state index contributed by atoms with van der Waals surface area (Å²) in [5, 5.41) is 4.85. The number of halogens is 3. The van der Waals surface area contributed by atoms with Crippen molar-refractivity contribution in [1.29, 1.82) is 0 Å². The Hall–Kier alpha value is -2.62. The molecule has 34 heavy (non-hydrogen) atoms. The number of furan rings is 1. The first-order valence-electron chi connectivity index (χ1n) is 10.1. The highest BCUT2D eigenvalue weighted by atomic mass is 79.9.